The first-order valence-corrected chi connectivity index (χ1v) is 10.5. The Kier molecular flexibility index (Phi) is 7.88. The Morgan fingerprint density at radius 3 is 2.39 bits per heavy atom. The van der Waals surface area contributed by atoms with Crippen LogP contribution in [-0.2, 0) is 17.8 Å². The molecule has 0 saturated heterocycles. The van der Waals surface area contributed by atoms with E-state index in [0.29, 0.717) is 29.4 Å². The maximum Gasteiger partial charge on any atom is 0.260 e. The molecule has 0 radical (unpaired) electrons. The standard InChI is InChI=1S/C25H22Cl2N2O2/c1-2-13-28-24(30)15-19-9-6-10-21(14-19)29(17-18-7-4-3-5-8-18)25(31)22-12-11-20(26)16-23(22)27/h2-12,14,16H,1,13,15,17H2,(H,28,30). The molecule has 1 N–H and O–H groups in total. The minimum absolute atomic E-state index is 0.112. The topological polar surface area (TPSA) is 49.4 Å². The molecule has 6 heteroatoms. The van der Waals surface area contributed by atoms with Crippen molar-refractivity contribution in [2.45, 2.75) is 13.0 Å². The summed E-state index contributed by atoms with van der Waals surface area (Å²) >= 11 is 12.3. The van der Waals surface area contributed by atoms with Crippen LogP contribution in [0, 0.1) is 0 Å². The number of amides is 2. The maximum absolute atomic E-state index is 13.5. The fourth-order valence-electron chi connectivity index (χ4n) is 3.12. The second-order valence-electron chi connectivity index (χ2n) is 6.94. The third kappa shape index (κ3) is 6.20. The van der Waals surface area contributed by atoms with Crippen LogP contribution in [0.2, 0.25) is 10.0 Å². The maximum atomic E-state index is 13.5. The molecule has 0 aliphatic rings. The first-order valence-electron chi connectivity index (χ1n) is 9.75. The van der Waals surface area contributed by atoms with Crippen LogP contribution in [0.15, 0.2) is 85.5 Å². The molecule has 4 nitrogen and oxygen atoms in total. The number of anilines is 1. The Bertz CT molecular complexity index is 1080. The molecule has 3 rings (SSSR count). The van der Waals surface area contributed by atoms with E-state index in [2.05, 4.69) is 11.9 Å². The van der Waals surface area contributed by atoms with Gasteiger partial charge in [0.15, 0.2) is 0 Å². The summed E-state index contributed by atoms with van der Waals surface area (Å²) in [5, 5.41) is 3.51. The minimum Gasteiger partial charge on any atom is -0.352 e. The van der Waals surface area contributed by atoms with Gasteiger partial charge in [0.05, 0.1) is 23.6 Å². The van der Waals surface area contributed by atoms with Crippen LogP contribution in [-0.4, -0.2) is 18.4 Å². The van der Waals surface area contributed by atoms with Crippen LogP contribution in [0.5, 0.6) is 0 Å². The third-order valence-electron chi connectivity index (χ3n) is 4.62. The lowest BCUT2D eigenvalue weighted by Gasteiger charge is -2.24. The molecule has 0 spiro atoms. The summed E-state index contributed by atoms with van der Waals surface area (Å²) in [6.07, 6.45) is 1.83. The fourth-order valence-corrected chi connectivity index (χ4v) is 3.61. The zero-order valence-electron chi connectivity index (χ0n) is 16.9. The van der Waals surface area contributed by atoms with Crippen LogP contribution >= 0.6 is 23.2 Å². The highest BCUT2D eigenvalue weighted by atomic mass is 35.5. The number of rotatable bonds is 8. The molecule has 2 amide bonds. The van der Waals surface area contributed by atoms with E-state index in [1.165, 1.54) is 0 Å². The second-order valence-corrected chi connectivity index (χ2v) is 7.78. The van der Waals surface area contributed by atoms with E-state index in [-0.39, 0.29) is 23.3 Å². The first kappa shape index (κ1) is 22.6. The summed E-state index contributed by atoms with van der Waals surface area (Å²) in [6.45, 7) is 4.36. The van der Waals surface area contributed by atoms with Crippen LogP contribution in [0.3, 0.4) is 0 Å². The minimum atomic E-state index is -0.251. The van der Waals surface area contributed by atoms with Gasteiger partial charge in [-0.1, -0.05) is 71.7 Å². The average Bonchev–Trinajstić information content (AvgIpc) is 2.76. The van der Waals surface area contributed by atoms with Crippen LogP contribution < -0.4 is 10.2 Å². The van der Waals surface area contributed by atoms with Crippen molar-refractivity contribution in [3.8, 4) is 0 Å². The summed E-state index contributed by atoms with van der Waals surface area (Å²) in [7, 11) is 0. The number of benzene rings is 3. The SMILES string of the molecule is C=CCNC(=O)Cc1cccc(N(Cc2ccccc2)C(=O)c2ccc(Cl)cc2Cl)c1. The molecule has 3 aromatic carbocycles. The Morgan fingerprint density at radius 2 is 1.68 bits per heavy atom. The molecule has 0 unspecified atom stereocenters. The Morgan fingerprint density at radius 1 is 0.935 bits per heavy atom. The lowest BCUT2D eigenvalue weighted by molar-refractivity contribution is -0.120. The molecule has 0 aliphatic carbocycles. The zero-order chi connectivity index (χ0) is 22.2. The number of carbonyl (C=O) groups excluding carboxylic acids is 2. The lowest BCUT2D eigenvalue weighted by Crippen LogP contribution is -2.31. The summed E-state index contributed by atoms with van der Waals surface area (Å²) in [6, 6.07) is 21.9. The van der Waals surface area contributed by atoms with E-state index in [0.717, 1.165) is 11.1 Å². The van der Waals surface area contributed by atoms with Crippen molar-refractivity contribution in [3.63, 3.8) is 0 Å². The summed E-state index contributed by atoms with van der Waals surface area (Å²) < 4.78 is 0. The molecule has 3 aromatic rings. The second kappa shape index (κ2) is 10.8. The quantitative estimate of drug-likeness (QED) is 0.446. The molecule has 0 saturated carbocycles. The number of carbonyl (C=O) groups is 2. The third-order valence-corrected chi connectivity index (χ3v) is 5.17. The van der Waals surface area contributed by atoms with E-state index in [4.69, 9.17) is 23.2 Å². The van der Waals surface area contributed by atoms with E-state index in [9.17, 15) is 9.59 Å². The van der Waals surface area contributed by atoms with Gasteiger partial charge in [-0.05, 0) is 41.5 Å². The highest BCUT2D eigenvalue weighted by Crippen LogP contribution is 2.27. The van der Waals surface area contributed by atoms with Crippen molar-refractivity contribution in [2.24, 2.45) is 0 Å². The van der Waals surface area contributed by atoms with E-state index in [1.807, 2.05) is 54.6 Å². The summed E-state index contributed by atoms with van der Waals surface area (Å²) in [5.41, 5.74) is 2.80. The molecule has 0 aromatic heterocycles. The Hall–Kier alpha value is -3.08. The predicted octanol–water partition coefficient (Wildman–Crippen LogP) is 5.69. The largest absolute Gasteiger partial charge is 0.352 e. The molecule has 0 atom stereocenters. The smallest absolute Gasteiger partial charge is 0.260 e. The van der Waals surface area contributed by atoms with Gasteiger partial charge in [-0.3, -0.25) is 9.59 Å². The number of nitrogens with one attached hydrogen (secondary N) is 1. The highest BCUT2D eigenvalue weighted by molar-refractivity contribution is 6.37. The number of hydrogen-bond donors (Lipinski definition) is 1. The highest BCUT2D eigenvalue weighted by Gasteiger charge is 2.21. The molecule has 0 heterocycles. The molecular formula is C25H22Cl2N2O2. The van der Waals surface area contributed by atoms with Gasteiger partial charge in [0.1, 0.15) is 0 Å². The zero-order valence-corrected chi connectivity index (χ0v) is 18.4. The van der Waals surface area contributed by atoms with Crippen LogP contribution in [0.1, 0.15) is 21.5 Å². The van der Waals surface area contributed by atoms with Gasteiger partial charge in [0.2, 0.25) is 5.91 Å². The molecule has 0 aliphatic heterocycles. The molecule has 158 valence electrons. The molecule has 31 heavy (non-hydrogen) atoms. The Labute approximate surface area is 192 Å². The van der Waals surface area contributed by atoms with Gasteiger partial charge in [0, 0.05) is 17.3 Å². The monoisotopic (exact) mass is 452 g/mol. The van der Waals surface area contributed by atoms with Crippen molar-refractivity contribution in [1.29, 1.82) is 0 Å². The van der Waals surface area contributed by atoms with Crippen molar-refractivity contribution in [2.75, 3.05) is 11.4 Å². The molecule has 0 bridgehead atoms. The fraction of sp³-hybridized carbons (Fsp3) is 0.120. The van der Waals surface area contributed by atoms with Gasteiger partial charge >= 0.3 is 0 Å². The van der Waals surface area contributed by atoms with Gasteiger partial charge in [0.25, 0.3) is 5.91 Å². The van der Waals surface area contributed by atoms with Crippen LogP contribution in [0.25, 0.3) is 0 Å². The van der Waals surface area contributed by atoms with Crippen LogP contribution in [0.4, 0.5) is 5.69 Å². The van der Waals surface area contributed by atoms with E-state index in [1.54, 1.807) is 29.2 Å². The van der Waals surface area contributed by atoms with Crippen molar-refractivity contribution in [1.82, 2.24) is 5.32 Å². The van der Waals surface area contributed by atoms with E-state index >= 15 is 0 Å². The summed E-state index contributed by atoms with van der Waals surface area (Å²) in [5.74, 6) is -0.363. The Balaban J connectivity index is 1.94. The van der Waals surface area contributed by atoms with Crippen molar-refractivity contribution < 1.29 is 9.59 Å². The predicted molar refractivity (Wildman–Crippen MR) is 127 cm³/mol. The number of halogens is 2. The van der Waals surface area contributed by atoms with E-state index < -0.39 is 0 Å². The molecular weight excluding hydrogens is 431 g/mol. The van der Waals surface area contributed by atoms with Gasteiger partial charge in [-0.25, -0.2) is 0 Å². The lowest BCUT2D eigenvalue weighted by atomic mass is 10.1. The number of hydrogen-bond acceptors (Lipinski definition) is 2. The average molecular weight is 453 g/mol. The first-order chi connectivity index (χ1) is 15.0. The van der Waals surface area contributed by atoms with Crippen molar-refractivity contribution >= 4 is 40.7 Å². The number of nitrogens with zero attached hydrogens (tertiary/aromatic N) is 1. The normalized spacial score (nSPS) is 10.4. The molecule has 0 fully saturated rings. The van der Waals surface area contributed by atoms with Gasteiger partial charge < -0.3 is 10.2 Å². The summed E-state index contributed by atoms with van der Waals surface area (Å²) in [4.78, 5) is 27.2. The van der Waals surface area contributed by atoms with Gasteiger partial charge in [-0.2, -0.15) is 0 Å². The van der Waals surface area contributed by atoms with Crippen molar-refractivity contribution in [3.05, 3.63) is 112 Å². The van der Waals surface area contributed by atoms with Gasteiger partial charge in [-0.15, -0.1) is 6.58 Å².